The van der Waals surface area contributed by atoms with Gasteiger partial charge in [0, 0.05) is 40.7 Å². The van der Waals surface area contributed by atoms with E-state index in [1.807, 2.05) is 0 Å². The van der Waals surface area contributed by atoms with Crippen LogP contribution in [0.15, 0.2) is 12.7 Å². The van der Waals surface area contributed by atoms with Crippen LogP contribution < -0.4 is 0 Å². The standard InChI is InChI=1S/C9H16O6Si.C7H12O4Si/c1-5-6-16(13-7(2)10,14-8(3)11)15-9(4)12;1-4-5-12(10-6(2)8)11-7(3)9/h5-6H2,1-4H3;4,12H,1,5H2,2-3H3. The number of carbonyl (C=O) groups excluding carboxylic acids is 5. The summed E-state index contributed by atoms with van der Waals surface area (Å²) in [4.78, 5) is 53.8. The van der Waals surface area contributed by atoms with Gasteiger partial charge in [-0.2, -0.15) is 0 Å². The molecule has 160 valence electrons. The molecule has 0 spiro atoms. The third-order valence-corrected chi connectivity index (χ3v) is 7.22. The number of rotatable bonds is 9. The van der Waals surface area contributed by atoms with Gasteiger partial charge in [-0.15, -0.1) is 6.58 Å². The molecular formula is C16H28O10Si2. The molecule has 0 aromatic carbocycles. The van der Waals surface area contributed by atoms with Crippen molar-refractivity contribution in [1.82, 2.24) is 0 Å². The molecule has 0 fully saturated rings. The zero-order valence-corrected chi connectivity index (χ0v) is 19.2. The van der Waals surface area contributed by atoms with Crippen molar-refractivity contribution >= 4 is 47.9 Å². The highest BCUT2D eigenvalue weighted by molar-refractivity contribution is 6.65. The molecule has 0 N–H and O–H groups in total. The summed E-state index contributed by atoms with van der Waals surface area (Å²) in [5.41, 5.74) is 0. The molecule has 0 aromatic rings. The van der Waals surface area contributed by atoms with Crippen molar-refractivity contribution in [3.8, 4) is 0 Å². The summed E-state index contributed by atoms with van der Waals surface area (Å²) in [6.07, 6.45) is 2.14. The summed E-state index contributed by atoms with van der Waals surface area (Å²) in [6, 6.07) is 0.672. The lowest BCUT2D eigenvalue weighted by Gasteiger charge is -2.25. The van der Waals surface area contributed by atoms with E-state index in [1.54, 1.807) is 13.0 Å². The molecule has 0 aliphatic carbocycles. The highest BCUT2D eigenvalue weighted by Gasteiger charge is 2.50. The highest BCUT2D eigenvalue weighted by atomic mass is 28.4. The molecule has 0 saturated carbocycles. The Kier molecular flexibility index (Phi) is 14.4. The van der Waals surface area contributed by atoms with Crippen LogP contribution in [0.4, 0.5) is 0 Å². The lowest BCUT2D eigenvalue weighted by molar-refractivity contribution is -0.148. The molecule has 0 aliphatic heterocycles. The van der Waals surface area contributed by atoms with E-state index in [2.05, 4.69) is 6.58 Å². The third-order valence-electron chi connectivity index (χ3n) is 2.41. The maximum Gasteiger partial charge on any atom is 0.705 e. The van der Waals surface area contributed by atoms with Crippen LogP contribution in [0.25, 0.3) is 0 Å². The van der Waals surface area contributed by atoms with E-state index in [0.717, 1.165) is 0 Å². The first-order valence-electron chi connectivity index (χ1n) is 8.41. The Labute approximate surface area is 167 Å². The van der Waals surface area contributed by atoms with Crippen molar-refractivity contribution in [2.24, 2.45) is 0 Å². The minimum absolute atomic E-state index is 0.228. The number of carbonyl (C=O) groups is 5. The second-order valence-corrected chi connectivity index (χ2v) is 9.67. The van der Waals surface area contributed by atoms with Crippen molar-refractivity contribution in [1.29, 1.82) is 0 Å². The van der Waals surface area contributed by atoms with Gasteiger partial charge in [0.2, 0.25) is 0 Å². The summed E-state index contributed by atoms with van der Waals surface area (Å²) in [6.45, 7) is 11.4. The van der Waals surface area contributed by atoms with Gasteiger partial charge in [0.15, 0.2) is 0 Å². The van der Waals surface area contributed by atoms with Gasteiger partial charge in [-0.25, -0.2) is 0 Å². The number of allylic oxidation sites excluding steroid dienone is 1. The van der Waals surface area contributed by atoms with Crippen LogP contribution in [0.1, 0.15) is 48.0 Å². The summed E-state index contributed by atoms with van der Waals surface area (Å²) in [7, 11) is -5.70. The van der Waals surface area contributed by atoms with Gasteiger partial charge in [0.05, 0.1) is 6.04 Å². The summed E-state index contributed by atoms with van der Waals surface area (Å²) >= 11 is 0. The zero-order chi connectivity index (χ0) is 22.3. The van der Waals surface area contributed by atoms with Crippen LogP contribution in [0.5, 0.6) is 0 Å². The highest BCUT2D eigenvalue weighted by Crippen LogP contribution is 2.18. The van der Waals surface area contributed by atoms with Crippen LogP contribution in [0.3, 0.4) is 0 Å². The molecule has 0 bridgehead atoms. The molecule has 10 nitrogen and oxygen atoms in total. The fraction of sp³-hybridized carbons (Fsp3) is 0.562. The van der Waals surface area contributed by atoms with E-state index in [0.29, 0.717) is 12.5 Å². The molecular weight excluding hydrogens is 408 g/mol. The molecule has 28 heavy (non-hydrogen) atoms. The van der Waals surface area contributed by atoms with Crippen LogP contribution in [-0.2, 0) is 46.1 Å². The smallest absolute Gasteiger partial charge is 0.487 e. The first-order valence-corrected chi connectivity index (χ1v) is 12.1. The van der Waals surface area contributed by atoms with Gasteiger partial charge in [0.25, 0.3) is 29.8 Å². The van der Waals surface area contributed by atoms with Crippen LogP contribution in [0, 0.1) is 0 Å². The monoisotopic (exact) mass is 436 g/mol. The lowest BCUT2D eigenvalue weighted by Crippen LogP contribution is -2.49. The molecule has 0 aromatic heterocycles. The maximum absolute atomic E-state index is 10.9. The van der Waals surface area contributed by atoms with Crippen molar-refractivity contribution < 1.29 is 46.1 Å². The van der Waals surface area contributed by atoms with Gasteiger partial charge in [-0.1, -0.05) is 13.0 Å². The molecule has 0 amide bonds. The number of hydrogen-bond donors (Lipinski definition) is 0. The SMILES string of the molecule is C=CC[SiH](OC(C)=O)OC(C)=O.CCC[Si](OC(C)=O)(OC(C)=O)OC(C)=O. The van der Waals surface area contributed by atoms with Crippen molar-refractivity contribution in [2.45, 2.75) is 60.1 Å². The molecule has 0 atom stereocenters. The average molecular weight is 437 g/mol. The summed E-state index contributed by atoms with van der Waals surface area (Å²) in [5, 5.41) is 0. The summed E-state index contributed by atoms with van der Waals surface area (Å²) < 4.78 is 24.3. The first kappa shape index (κ1) is 27.7. The Balaban J connectivity index is 0. The van der Waals surface area contributed by atoms with E-state index >= 15 is 0 Å². The van der Waals surface area contributed by atoms with Gasteiger partial charge in [-0.3, -0.25) is 24.0 Å². The van der Waals surface area contributed by atoms with Gasteiger partial charge in [0.1, 0.15) is 0 Å². The Morgan fingerprint density at radius 3 is 1.36 bits per heavy atom. The Bertz CT molecular complexity index is 519. The molecule has 12 heteroatoms. The fourth-order valence-electron chi connectivity index (χ4n) is 1.81. The molecule has 0 aliphatic rings. The number of hydrogen-bond acceptors (Lipinski definition) is 10. The van der Waals surface area contributed by atoms with Gasteiger partial charge in [-0.05, 0) is 6.42 Å². The molecule has 0 radical (unpaired) electrons. The molecule has 0 unspecified atom stereocenters. The van der Waals surface area contributed by atoms with E-state index in [4.69, 9.17) is 22.1 Å². The second-order valence-electron chi connectivity index (χ2n) is 5.39. The quantitative estimate of drug-likeness (QED) is 0.387. The third kappa shape index (κ3) is 15.8. The van der Waals surface area contributed by atoms with Crippen LogP contribution in [0.2, 0.25) is 12.1 Å². The van der Waals surface area contributed by atoms with Gasteiger partial charge < -0.3 is 22.1 Å². The Morgan fingerprint density at radius 2 is 1.14 bits per heavy atom. The van der Waals surface area contributed by atoms with Crippen molar-refractivity contribution in [3.05, 3.63) is 12.7 Å². The predicted octanol–water partition coefficient (Wildman–Crippen LogP) is 1.54. The normalized spacial score (nSPS) is 9.96. The Morgan fingerprint density at radius 1 is 0.786 bits per heavy atom. The van der Waals surface area contributed by atoms with Crippen LogP contribution in [-0.4, -0.2) is 47.9 Å². The molecule has 0 rings (SSSR count). The minimum Gasteiger partial charge on any atom is -0.487 e. The minimum atomic E-state index is -3.53. The van der Waals surface area contributed by atoms with Gasteiger partial charge >= 0.3 is 18.1 Å². The predicted molar refractivity (Wildman–Crippen MR) is 102 cm³/mol. The van der Waals surface area contributed by atoms with Crippen molar-refractivity contribution in [3.63, 3.8) is 0 Å². The van der Waals surface area contributed by atoms with Crippen LogP contribution >= 0.6 is 0 Å². The lowest BCUT2D eigenvalue weighted by atomic mass is 10.6. The van der Waals surface area contributed by atoms with E-state index < -0.39 is 47.9 Å². The fourth-order valence-corrected chi connectivity index (χ4v) is 5.42. The largest absolute Gasteiger partial charge is 0.705 e. The van der Waals surface area contributed by atoms with E-state index in [1.165, 1.54) is 34.6 Å². The van der Waals surface area contributed by atoms with Crippen molar-refractivity contribution in [2.75, 3.05) is 0 Å². The maximum atomic E-state index is 10.9. The van der Waals surface area contributed by atoms with E-state index in [-0.39, 0.29) is 6.04 Å². The Hall–Kier alpha value is -2.48. The van der Waals surface area contributed by atoms with E-state index in [9.17, 15) is 24.0 Å². The molecule has 0 saturated heterocycles. The topological polar surface area (TPSA) is 132 Å². The molecule has 0 heterocycles. The first-order chi connectivity index (χ1) is 12.9. The second kappa shape index (κ2) is 14.6. The zero-order valence-electron chi connectivity index (χ0n) is 17.1. The average Bonchev–Trinajstić information content (AvgIpc) is 2.44. The summed E-state index contributed by atoms with van der Waals surface area (Å²) in [5.74, 6) is -2.75.